The van der Waals surface area contributed by atoms with Gasteiger partial charge in [0.15, 0.2) is 0 Å². The highest BCUT2D eigenvalue weighted by Gasteiger charge is 2.54. The second kappa shape index (κ2) is 13.1. The van der Waals surface area contributed by atoms with Gasteiger partial charge in [0.05, 0.1) is 22.8 Å². The van der Waals surface area contributed by atoms with Gasteiger partial charge < -0.3 is 19.3 Å². The summed E-state index contributed by atoms with van der Waals surface area (Å²) in [5, 5.41) is 27.2. The van der Waals surface area contributed by atoms with Crippen molar-refractivity contribution in [1.29, 1.82) is 0 Å². The zero-order valence-corrected chi connectivity index (χ0v) is 36.8. The summed E-state index contributed by atoms with van der Waals surface area (Å²) in [4.78, 5) is 5.67. The Labute approximate surface area is 365 Å². The van der Waals surface area contributed by atoms with E-state index in [0.29, 0.717) is 11.5 Å². The third kappa shape index (κ3) is 5.29. The number of phenols is 2. The summed E-state index contributed by atoms with van der Waals surface area (Å²) < 4.78 is 4.60. The molecule has 8 fully saturated rings. The molecule has 5 heteroatoms. The summed E-state index contributed by atoms with van der Waals surface area (Å²) in [5.41, 5.74) is 15.2. The molecule has 15 rings (SSSR count). The summed E-state index contributed by atoms with van der Waals surface area (Å²) in [7, 11) is 4.32. The molecule has 7 aromatic rings. The number of benzene rings is 4. The molecule has 8 saturated carbocycles. The van der Waals surface area contributed by atoms with E-state index >= 15 is 0 Å². The van der Waals surface area contributed by atoms with Crippen molar-refractivity contribution in [2.75, 3.05) is 0 Å². The van der Waals surface area contributed by atoms with Crippen LogP contribution in [0.4, 0.5) is 0 Å². The summed E-state index contributed by atoms with van der Waals surface area (Å²) in [6, 6.07) is 32.8. The maximum Gasteiger partial charge on any atom is 0.128 e. The van der Waals surface area contributed by atoms with E-state index in [1.165, 1.54) is 99.3 Å². The van der Waals surface area contributed by atoms with Crippen LogP contribution >= 0.6 is 0 Å². The molecular weight excluding hydrogens is 759 g/mol. The summed E-state index contributed by atoms with van der Waals surface area (Å²) in [5.74, 6) is 5.71. The van der Waals surface area contributed by atoms with E-state index in [1.807, 2.05) is 0 Å². The Morgan fingerprint density at radius 1 is 0.516 bits per heavy atom. The molecule has 0 aliphatic heterocycles. The van der Waals surface area contributed by atoms with Crippen LogP contribution < -0.4 is 0 Å². The topological polar surface area (TPSA) is 63.2 Å². The second-order valence-corrected chi connectivity index (χ2v) is 21.8. The minimum Gasteiger partial charge on any atom is -0.508 e. The van der Waals surface area contributed by atoms with E-state index in [2.05, 4.69) is 128 Å². The zero-order chi connectivity index (χ0) is 41.8. The molecule has 62 heavy (non-hydrogen) atoms. The molecule has 4 aromatic carbocycles. The number of nitrogens with zero attached hydrogens (tertiary/aromatic N) is 3. The SMILES string of the molecule is Cc1cc(-c2c(-c3cccc(-c4c(-c5cc(O)c(C67CC8CC(CC(C8)C6)C7)cc5C)n(C)c5ccccc45)n3)c3ccccc3n2C)c(O)c(C23CC4CC(CC(C4)C2)C3)c1. The first-order valence-corrected chi connectivity index (χ1v) is 23.9. The Morgan fingerprint density at radius 3 is 1.47 bits per heavy atom. The Hall–Kier alpha value is -5.29. The van der Waals surface area contributed by atoms with Crippen molar-refractivity contribution in [3.05, 3.63) is 113 Å². The highest BCUT2D eigenvalue weighted by Crippen LogP contribution is 2.64. The number of aryl methyl sites for hydroxylation is 4. The van der Waals surface area contributed by atoms with Crippen LogP contribution in [0.1, 0.15) is 99.3 Å². The van der Waals surface area contributed by atoms with Gasteiger partial charge in [-0.25, -0.2) is 4.98 Å². The standard InChI is InChI=1S/C57H59N3O2/c1-32-16-43(55(62)45(17-32)57-29-37-22-38(30-57)24-39(23-37)31-57)54-52(41-11-6-8-15-49(41)60(54)4)47-13-9-12-46(58-47)51-40-10-5-7-14-48(40)59(3)53(51)42-25-50(61)44(18-33(42)2)56-26-34-19-35(27-56)21-36(20-34)28-56/h5-18,25,34-39,61-62H,19-24,26-31H2,1-4H3. The third-order valence-corrected chi connectivity index (χ3v) is 17.8. The number of phenolic OH excluding ortho intramolecular Hbond substituents is 2. The van der Waals surface area contributed by atoms with Crippen LogP contribution in [0.2, 0.25) is 0 Å². The second-order valence-electron chi connectivity index (χ2n) is 21.8. The van der Waals surface area contributed by atoms with E-state index in [-0.39, 0.29) is 10.8 Å². The maximum atomic E-state index is 12.7. The minimum absolute atomic E-state index is 0.0628. The van der Waals surface area contributed by atoms with E-state index < -0.39 is 0 Å². The minimum atomic E-state index is 0.0628. The fourth-order valence-electron chi connectivity index (χ4n) is 16.3. The first-order valence-electron chi connectivity index (χ1n) is 23.9. The largest absolute Gasteiger partial charge is 0.508 e. The molecule has 0 atom stereocenters. The van der Waals surface area contributed by atoms with Crippen LogP contribution in [0, 0.1) is 49.4 Å². The highest BCUT2D eigenvalue weighted by atomic mass is 16.3. The van der Waals surface area contributed by atoms with Gasteiger partial charge in [0.2, 0.25) is 0 Å². The lowest BCUT2D eigenvalue weighted by atomic mass is 9.48. The van der Waals surface area contributed by atoms with Gasteiger partial charge in [0, 0.05) is 69.3 Å². The molecule has 0 saturated heterocycles. The normalized spacial score (nSPS) is 29.4. The summed E-state index contributed by atoms with van der Waals surface area (Å²) >= 11 is 0. The van der Waals surface area contributed by atoms with Crippen molar-refractivity contribution >= 4 is 21.8 Å². The lowest BCUT2D eigenvalue weighted by Gasteiger charge is -2.57. The van der Waals surface area contributed by atoms with Crippen molar-refractivity contribution in [2.24, 2.45) is 49.6 Å². The van der Waals surface area contributed by atoms with Gasteiger partial charge in [0.25, 0.3) is 0 Å². The van der Waals surface area contributed by atoms with Gasteiger partial charge in [-0.3, -0.25) is 0 Å². The van der Waals surface area contributed by atoms with Gasteiger partial charge in [-0.2, -0.15) is 0 Å². The first kappa shape index (κ1) is 37.3. The summed E-state index contributed by atoms with van der Waals surface area (Å²) in [6.07, 6.45) is 15.6. The predicted octanol–water partition coefficient (Wildman–Crippen LogP) is 13.7. The van der Waals surface area contributed by atoms with Gasteiger partial charge in [-0.15, -0.1) is 0 Å². The van der Waals surface area contributed by atoms with Crippen LogP contribution in [0.5, 0.6) is 11.5 Å². The first-order chi connectivity index (χ1) is 30.0. The highest BCUT2D eigenvalue weighted by molar-refractivity contribution is 6.07. The van der Waals surface area contributed by atoms with Crippen molar-refractivity contribution in [2.45, 2.75) is 102 Å². The van der Waals surface area contributed by atoms with Crippen LogP contribution in [0.15, 0.2) is 91.0 Å². The molecule has 8 aliphatic rings. The smallest absolute Gasteiger partial charge is 0.128 e. The maximum absolute atomic E-state index is 12.7. The number of aromatic nitrogens is 3. The van der Waals surface area contributed by atoms with Crippen LogP contribution in [-0.2, 0) is 24.9 Å². The van der Waals surface area contributed by atoms with Crippen molar-refractivity contribution < 1.29 is 10.2 Å². The fourth-order valence-corrected chi connectivity index (χ4v) is 16.3. The number of fused-ring (bicyclic) bond motifs is 2. The molecule has 5 nitrogen and oxygen atoms in total. The average Bonchev–Trinajstić information content (AvgIpc) is 3.71. The monoisotopic (exact) mass is 817 g/mol. The lowest BCUT2D eigenvalue weighted by molar-refractivity contribution is -0.00628. The molecule has 0 amide bonds. The van der Waals surface area contributed by atoms with Crippen molar-refractivity contribution in [3.8, 4) is 56.5 Å². The predicted molar refractivity (Wildman–Crippen MR) is 251 cm³/mol. The Kier molecular flexibility index (Phi) is 7.89. The van der Waals surface area contributed by atoms with Gasteiger partial charge in [0.1, 0.15) is 11.5 Å². The number of aromatic hydroxyl groups is 2. The number of pyridine rings is 1. The van der Waals surface area contributed by atoms with E-state index in [4.69, 9.17) is 4.98 Å². The number of hydrogen-bond donors (Lipinski definition) is 2. The van der Waals surface area contributed by atoms with Crippen LogP contribution in [0.25, 0.3) is 66.8 Å². The van der Waals surface area contributed by atoms with Gasteiger partial charge >= 0.3 is 0 Å². The van der Waals surface area contributed by atoms with Gasteiger partial charge in [-0.1, -0.05) is 54.6 Å². The van der Waals surface area contributed by atoms with Gasteiger partial charge in [-0.05, 0) is 185 Å². The molecular formula is C57H59N3O2. The molecule has 0 unspecified atom stereocenters. The molecule has 3 heterocycles. The average molecular weight is 818 g/mol. The summed E-state index contributed by atoms with van der Waals surface area (Å²) in [6.45, 7) is 4.46. The van der Waals surface area contributed by atoms with Crippen molar-refractivity contribution in [3.63, 3.8) is 0 Å². The van der Waals surface area contributed by atoms with E-state index in [0.717, 1.165) is 102 Å². The van der Waals surface area contributed by atoms with E-state index in [9.17, 15) is 10.2 Å². The van der Waals surface area contributed by atoms with Crippen LogP contribution in [0.3, 0.4) is 0 Å². The lowest BCUT2D eigenvalue weighted by Crippen LogP contribution is -2.48. The molecule has 2 N–H and O–H groups in total. The Balaban J connectivity index is 0.979. The van der Waals surface area contributed by atoms with Crippen molar-refractivity contribution in [1.82, 2.24) is 14.1 Å². The molecule has 314 valence electrons. The fraction of sp³-hybridized carbons (Fsp3) is 0.421. The van der Waals surface area contributed by atoms with E-state index in [1.54, 1.807) is 0 Å². The number of hydrogen-bond acceptors (Lipinski definition) is 3. The molecule has 0 radical (unpaired) electrons. The molecule has 3 aromatic heterocycles. The number of rotatable bonds is 6. The quantitative estimate of drug-likeness (QED) is 0.176. The third-order valence-electron chi connectivity index (χ3n) is 17.8. The van der Waals surface area contributed by atoms with Crippen LogP contribution in [-0.4, -0.2) is 24.3 Å². The molecule has 8 bridgehead atoms. The molecule has 0 spiro atoms. The zero-order valence-electron chi connectivity index (χ0n) is 36.8. The Bertz CT molecular complexity index is 2940. The number of para-hydroxylation sites is 2. The Morgan fingerprint density at radius 2 is 0.968 bits per heavy atom. The molecule has 8 aliphatic carbocycles.